The third kappa shape index (κ3) is 1.40. The molecule has 1 aromatic heterocycles. The average molecular weight is 263 g/mol. The molecule has 4 heteroatoms. The van der Waals surface area contributed by atoms with E-state index in [9.17, 15) is 0 Å². The van der Waals surface area contributed by atoms with Gasteiger partial charge in [0.15, 0.2) is 0 Å². The van der Waals surface area contributed by atoms with Crippen LogP contribution in [0.4, 0.5) is 5.82 Å². The number of aromatic nitrogens is 1. The molecular weight excluding hydrogens is 255 g/mol. The number of nitrogen functional groups attached to an aromatic ring is 1. The van der Waals surface area contributed by atoms with Gasteiger partial charge in [-0.05, 0) is 0 Å². The van der Waals surface area contributed by atoms with Crippen LogP contribution in [0.25, 0.3) is 0 Å². The molecule has 0 saturated carbocycles. The van der Waals surface area contributed by atoms with Gasteiger partial charge in [-0.3, -0.25) is 0 Å². The van der Waals surface area contributed by atoms with Crippen molar-refractivity contribution in [3.05, 3.63) is 15.8 Å². The summed E-state index contributed by atoms with van der Waals surface area (Å²) < 4.78 is 7.87. The first-order chi connectivity index (χ1) is 5.36. The number of halogens is 1. The zero-order chi connectivity index (χ0) is 7.68. The van der Waals surface area contributed by atoms with Crippen LogP contribution in [0, 0.1) is 3.57 Å². The summed E-state index contributed by atoms with van der Waals surface area (Å²) in [5.74, 6) is 1.55. The molecule has 0 amide bonds. The van der Waals surface area contributed by atoms with Crippen molar-refractivity contribution >= 4 is 5.82 Å². The summed E-state index contributed by atoms with van der Waals surface area (Å²) in [7, 11) is 0. The SMILES string of the molecule is Nc1cc2c(cn1)OCC[I-]2. The van der Waals surface area contributed by atoms with Gasteiger partial charge in [0.05, 0.1) is 0 Å². The average Bonchev–Trinajstić information content (AvgIpc) is 2.04. The van der Waals surface area contributed by atoms with Crippen LogP contribution in [0.2, 0.25) is 0 Å². The minimum absolute atomic E-state index is 0.133. The second kappa shape index (κ2) is 2.84. The van der Waals surface area contributed by atoms with Crippen molar-refractivity contribution in [3.63, 3.8) is 0 Å². The van der Waals surface area contributed by atoms with Crippen LogP contribution in [-0.2, 0) is 0 Å². The fraction of sp³-hybridized carbons (Fsp3) is 0.286. The van der Waals surface area contributed by atoms with Crippen LogP contribution in [0.15, 0.2) is 12.3 Å². The number of ether oxygens (including phenoxy) is 1. The number of anilines is 1. The zero-order valence-corrected chi connectivity index (χ0v) is 8.04. The molecule has 2 N–H and O–H groups in total. The first-order valence-corrected chi connectivity index (χ1v) is 5.94. The summed E-state index contributed by atoms with van der Waals surface area (Å²) in [6, 6.07) is 1.93. The van der Waals surface area contributed by atoms with Crippen LogP contribution in [0.3, 0.4) is 0 Å². The van der Waals surface area contributed by atoms with Gasteiger partial charge in [-0.15, -0.1) is 0 Å². The van der Waals surface area contributed by atoms with Gasteiger partial charge in [-0.2, -0.15) is 0 Å². The van der Waals surface area contributed by atoms with Gasteiger partial charge in [0.2, 0.25) is 0 Å². The van der Waals surface area contributed by atoms with Crippen LogP contribution < -0.4 is 31.7 Å². The number of pyridine rings is 1. The Morgan fingerprint density at radius 1 is 1.64 bits per heavy atom. The number of rotatable bonds is 0. The summed E-state index contributed by atoms with van der Waals surface area (Å²) in [6.07, 6.45) is 1.73. The molecule has 0 saturated heterocycles. The van der Waals surface area contributed by atoms with Crippen molar-refractivity contribution in [1.29, 1.82) is 0 Å². The van der Waals surface area contributed by atoms with Gasteiger partial charge in [-0.1, -0.05) is 0 Å². The number of nitrogens with two attached hydrogens (primary N) is 1. The third-order valence-electron chi connectivity index (χ3n) is 1.41. The van der Waals surface area contributed by atoms with E-state index in [0.717, 1.165) is 12.4 Å². The summed E-state index contributed by atoms with van der Waals surface area (Å²) in [5, 5.41) is 0. The van der Waals surface area contributed by atoms with E-state index >= 15 is 0 Å². The van der Waals surface area contributed by atoms with Crippen molar-refractivity contribution in [3.8, 4) is 5.75 Å². The normalized spacial score (nSPS) is 16.0. The molecule has 2 rings (SSSR count). The van der Waals surface area contributed by atoms with E-state index in [2.05, 4.69) is 4.98 Å². The molecule has 11 heavy (non-hydrogen) atoms. The van der Waals surface area contributed by atoms with Gasteiger partial charge in [0, 0.05) is 0 Å². The van der Waals surface area contributed by atoms with E-state index < -0.39 is 0 Å². The molecule has 0 fully saturated rings. The summed E-state index contributed by atoms with van der Waals surface area (Å²) >= 11 is 0.133. The van der Waals surface area contributed by atoms with E-state index in [0.29, 0.717) is 5.82 Å². The fourth-order valence-corrected chi connectivity index (χ4v) is 3.16. The molecule has 0 unspecified atom stereocenters. The Labute approximate surface area is 75.2 Å². The van der Waals surface area contributed by atoms with E-state index in [-0.39, 0.29) is 21.2 Å². The number of alkyl halides is 1. The molecule has 3 nitrogen and oxygen atoms in total. The van der Waals surface area contributed by atoms with Crippen LogP contribution in [-0.4, -0.2) is 16.0 Å². The van der Waals surface area contributed by atoms with Crippen LogP contribution in [0.1, 0.15) is 0 Å². The molecule has 2 heterocycles. The summed E-state index contributed by atoms with van der Waals surface area (Å²) in [4.78, 5) is 3.96. The van der Waals surface area contributed by atoms with Crippen molar-refractivity contribution in [2.24, 2.45) is 0 Å². The first kappa shape index (κ1) is 7.15. The third-order valence-corrected chi connectivity index (χ3v) is 4.06. The predicted octanol–water partition coefficient (Wildman–Crippen LogP) is -2.69. The van der Waals surface area contributed by atoms with Crippen molar-refractivity contribution in [1.82, 2.24) is 4.98 Å². The molecule has 0 aromatic carbocycles. The Morgan fingerprint density at radius 2 is 2.55 bits per heavy atom. The van der Waals surface area contributed by atoms with E-state index in [4.69, 9.17) is 10.5 Å². The molecule has 60 valence electrons. The van der Waals surface area contributed by atoms with E-state index in [1.54, 1.807) is 6.20 Å². The van der Waals surface area contributed by atoms with Crippen molar-refractivity contribution in [2.45, 2.75) is 0 Å². The quantitative estimate of drug-likeness (QED) is 0.410. The Morgan fingerprint density at radius 3 is 3.45 bits per heavy atom. The van der Waals surface area contributed by atoms with Crippen molar-refractivity contribution < 1.29 is 25.9 Å². The molecule has 0 bridgehead atoms. The molecule has 0 spiro atoms. The Hall–Kier alpha value is -0.520. The van der Waals surface area contributed by atoms with Gasteiger partial charge in [0.25, 0.3) is 0 Å². The van der Waals surface area contributed by atoms with Gasteiger partial charge < -0.3 is 0 Å². The molecule has 0 atom stereocenters. The maximum absolute atomic E-state index is 5.53. The zero-order valence-electron chi connectivity index (χ0n) is 5.88. The summed E-state index contributed by atoms with van der Waals surface area (Å²) in [5.41, 5.74) is 5.53. The number of hydrogen-bond donors (Lipinski definition) is 1. The molecule has 1 aliphatic heterocycles. The Kier molecular flexibility index (Phi) is 1.85. The molecular formula is C7H8IN2O-. The van der Waals surface area contributed by atoms with Crippen LogP contribution >= 0.6 is 0 Å². The van der Waals surface area contributed by atoms with Gasteiger partial charge in [-0.25, -0.2) is 0 Å². The number of fused-ring (bicyclic) bond motifs is 1. The van der Waals surface area contributed by atoms with Crippen molar-refractivity contribution in [2.75, 3.05) is 16.8 Å². The molecule has 1 aliphatic rings. The molecule has 0 aliphatic carbocycles. The molecule has 1 aromatic rings. The Balaban J connectivity index is 2.43. The predicted molar refractivity (Wildman–Crippen MR) is 37.7 cm³/mol. The maximum atomic E-state index is 5.53. The second-order valence-corrected chi connectivity index (χ2v) is 5.21. The van der Waals surface area contributed by atoms with E-state index in [1.807, 2.05) is 6.07 Å². The standard InChI is InChI=1S/C7H8IN2O/c9-7-3-5-6(4-10-7)11-2-1-8-5/h3-4H,1-2H2,(H2,9,10)/q-1. The summed E-state index contributed by atoms with van der Waals surface area (Å²) in [6.45, 7) is 0.853. The first-order valence-electron chi connectivity index (χ1n) is 3.34. The second-order valence-electron chi connectivity index (χ2n) is 2.21. The van der Waals surface area contributed by atoms with Crippen LogP contribution in [0.5, 0.6) is 5.75 Å². The fourth-order valence-electron chi connectivity index (χ4n) is 0.933. The monoisotopic (exact) mass is 263 g/mol. The van der Waals surface area contributed by atoms with Gasteiger partial charge >= 0.3 is 75.1 Å². The van der Waals surface area contributed by atoms with E-state index in [1.165, 1.54) is 8.00 Å². The number of nitrogens with zero attached hydrogens (tertiary/aromatic N) is 1. The number of hydrogen-bond acceptors (Lipinski definition) is 3. The topological polar surface area (TPSA) is 48.1 Å². The van der Waals surface area contributed by atoms with Gasteiger partial charge in [0.1, 0.15) is 0 Å². The molecule has 0 radical (unpaired) electrons. The minimum atomic E-state index is 0.133. The Bertz CT molecular complexity index is 277.